The lowest BCUT2D eigenvalue weighted by Crippen LogP contribution is -1.85. The monoisotopic (exact) mass is 222 g/mol. The molecule has 90 valence electrons. The van der Waals surface area contributed by atoms with Gasteiger partial charge in [-0.3, -0.25) is 4.79 Å². The summed E-state index contributed by atoms with van der Waals surface area (Å²) in [6, 6.07) is 12.0. The fourth-order valence-corrected chi connectivity index (χ4v) is 1.45. The van der Waals surface area contributed by atoms with Crippen molar-refractivity contribution in [3.8, 4) is 0 Å². The summed E-state index contributed by atoms with van der Waals surface area (Å²) in [6.45, 7) is 1.08. The second-order valence-corrected chi connectivity index (χ2v) is 3.80. The van der Waals surface area contributed by atoms with Gasteiger partial charge in [-0.15, -0.1) is 0 Å². The number of carboxylic acids is 1. The molecule has 0 unspecified atom stereocenters. The van der Waals surface area contributed by atoms with Gasteiger partial charge < -0.3 is 5.11 Å². The minimum absolute atomic E-state index is 0.833. The molecule has 0 aromatic heterocycles. The quantitative estimate of drug-likeness (QED) is 0.717. The van der Waals surface area contributed by atoms with Crippen molar-refractivity contribution in [3.63, 3.8) is 0 Å². The molecule has 16 heavy (non-hydrogen) atoms. The molecule has 0 aliphatic heterocycles. The second-order valence-electron chi connectivity index (χ2n) is 3.80. The fraction of sp³-hybridized carbons (Fsp3) is 0.500. The van der Waals surface area contributed by atoms with Gasteiger partial charge in [-0.1, -0.05) is 74.9 Å². The average molecular weight is 222 g/mol. The first kappa shape index (κ1) is 14.7. The number of benzene rings is 1. The first-order valence-electron chi connectivity index (χ1n) is 5.93. The van der Waals surface area contributed by atoms with Crippen LogP contribution >= 0.6 is 0 Å². The van der Waals surface area contributed by atoms with Crippen LogP contribution < -0.4 is 0 Å². The van der Waals surface area contributed by atoms with Crippen molar-refractivity contribution >= 4 is 5.97 Å². The molecule has 1 aliphatic rings. The molecular weight excluding hydrogens is 200 g/mol. The maximum Gasteiger partial charge on any atom is 0.300 e. The zero-order chi connectivity index (χ0) is 12.1. The second kappa shape index (κ2) is 11.8. The predicted octanol–water partition coefficient (Wildman–Crippen LogP) is 4.12. The van der Waals surface area contributed by atoms with E-state index in [1.807, 2.05) is 36.4 Å². The molecule has 1 aromatic carbocycles. The van der Waals surface area contributed by atoms with Gasteiger partial charge >= 0.3 is 0 Å². The van der Waals surface area contributed by atoms with E-state index in [2.05, 4.69) is 0 Å². The van der Waals surface area contributed by atoms with Crippen LogP contribution in [0.2, 0.25) is 0 Å². The van der Waals surface area contributed by atoms with Gasteiger partial charge in [-0.2, -0.15) is 0 Å². The summed E-state index contributed by atoms with van der Waals surface area (Å²) in [5.41, 5.74) is 0. The molecule has 1 aliphatic carbocycles. The molecule has 0 bridgehead atoms. The van der Waals surface area contributed by atoms with E-state index in [0.717, 1.165) is 6.92 Å². The SMILES string of the molecule is C1CCCCC1.CC(=O)O.c1ccccc1. The molecule has 0 spiro atoms. The fourth-order valence-electron chi connectivity index (χ4n) is 1.45. The minimum Gasteiger partial charge on any atom is -0.481 e. The number of carboxylic acid groups (broad SMARTS) is 1. The molecule has 1 N–H and O–H groups in total. The first-order chi connectivity index (χ1) is 7.73. The predicted molar refractivity (Wildman–Crippen MR) is 67.5 cm³/mol. The molecule has 0 heterocycles. The van der Waals surface area contributed by atoms with E-state index in [-0.39, 0.29) is 0 Å². The van der Waals surface area contributed by atoms with E-state index in [4.69, 9.17) is 9.90 Å². The third kappa shape index (κ3) is 15.2. The normalized spacial score (nSPS) is 13.6. The Kier molecular flexibility index (Phi) is 10.8. The molecular formula is C14H22O2. The zero-order valence-corrected chi connectivity index (χ0v) is 10.1. The molecule has 1 saturated carbocycles. The molecule has 2 heteroatoms. The summed E-state index contributed by atoms with van der Waals surface area (Å²) in [5.74, 6) is -0.833. The Morgan fingerprint density at radius 3 is 1.00 bits per heavy atom. The molecule has 0 radical (unpaired) electrons. The lowest BCUT2D eigenvalue weighted by atomic mass is 10.0. The van der Waals surface area contributed by atoms with Crippen LogP contribution in [0.4, 0.5) is 0 Å². The highest BCUT2D eigenvalue weighted by Crippen LogP contribution is 2.15. The van der Waals surface area contributed by atoms with E-state index in [1.165, 1.54) is 38.5 Å². The van der Waals surface area contributed by atoms with Gasteiger partial charge in [-0.25, -0.2) is 0 Å². The van der Waals surface area contributed by atoms with Crippen molar-refractivity contribution in [2.75, 3.05) is 0 Å². The van der Waals surface area contributed by atoms with Gasteiger partial charge in [0.1, 0.15) is 0 Å². The highest BCUT2D eigenvalue weighted by atomic mass is 16.4. The Morgan fingerprint density at radius 1 is 0.750 bits per heavy atom. The van der Waals surface area contributed by atoms with Gasteiger partial charge in [0, 0.05) is 6.92 Å². The number of aliphatic carboxylic acids is 1. The summed E-state index contributed by atoms with van der Waals surface area (Å²) in [5, 5.41) is 7.42. The van der Waals surface area contributed by atoms with Crippen LogP contribution in [-0.4, -0.2) is 11.1 Å². The van der Waals surface area contributed by atoms with Crippen molar-refractivity contribution in [1.29, 1.82) is 0 Å². The van der Waals surface area contributed by atoms with Crippen molar-refractivity contribution < 1.29 is 9.90 Å². The van der Waals surface area contributed by atoms with E-state index < -0.39 is 5.97 Å². The highest BCUT2D eigenvalue weighted by molar-refractivity contribution is 5.62. The van der Waals surface area contributed by atoms with Gasteiger partial charge in [0.15, 0.2) is 0 Å². The Morgan fingerprint density at radius 2 is 0.875 bits per heavy atom. The van der Waals surface area contributed by atoms with Gasteiger partial charge in [0.25, 0.3) is 5.97 Å². The maximum absolute atomic E-state index is 9.00. The Labute approximate surface area is 98.3 Å². The summed E-state index contributed by atoms with van der Waals surface area (Å²) >= 11 is 0. The highest BCUT2D eigenvalue weighted by Gasteiger charge is 1.95. The van der Waals surface area contributed by atoms with Crippen molar-refractivity contribution in [3.05, 3.63) is 36.4 Å². The van der Waals surface area contributed by atoms with Gasteiger partial charge in [0.05, 0.1) is 0 Å². The van der Waals surface area contributed by atoms with Crippen LogP contribution in [-0.2, 0) is 4.79 Å². The van der Waals surface area contributed by atoms with Crippen LogP contribution in [0.15, 0.2) is 36.4 Å². The van der Waals surface area contributed by atoms with Crippen LogP contribution in [0.1, 0.15) is 45.4 Å². The Hall–Kier alpha value is -1.31. The summed E-state index contributed by atoms with van der Waals surface area (Å²) in [4.78, 5) is 9.00. The number of carbonyl (C=O) groups is 1. The van der Waals surface area contributed by atoms with E-state index in [1.54, 1.807) is 0 Å². The molecule has 0 saturated heterocycles. The summed E-state index contributed by atoms with van der Waals surface area (Å²) in [7, 11) is 0. The molecule has 2 rings (SSSR count). The van der Waals surface area contributed by atoms with Crippen LogP contribution in [0.3, 0.4) is 0 Å². The summed E-state index contributed by atoms with van der Waals surface area (Å²) in [6.07, 6.45) is 9.00. The Balaban J connectivity index is 0.000000217. The third-order valence-electron chi connectivity index (χ3n) is 2.17. The smallest absolute Gasteiger partial charge is 0.300 e. The zero-order valence-electron chi connectivity index (χ0n) is 10.1. The number of rotatable bonds is 0. The molecule has 1 fully saturated rings. The lowest BCUT2D eigenvalue weighted by molar-refractivity contribution is -0.134. The summed E-state index contributed by atoms with van der Waals surface area (Å²) < 4.78 is 0. The molecule has 0 atom stereocenters. The standard InChI is InChI=1S/C6H12.C6H6.C2H4O2/c2*1-2-4-6-5-3-1;1-2(3)4/h1-6H2;1-6H;1H3,(H,3,4). The van der Waals surface area contributed by atoms with Crippen LogP contribution in [0, 0.1) is 0 Å². The van der Waals surface area contributed by atoms with Gasteiger partial charge in [-0.05, 0) is 0 Å². The largest absolute Gasteiger partial charge is 0.481 e. The maximum atomic E-state index is 9.00. The number of hydrogen-bond acceptors (Lipinski definition) is 1. The van der Waals surface area contributed by atoms with E-state index in [0.29, 0.717) is 0 Å². The molecule has 1 aromatic rings. The van der Waals surface area contributed by atoms with Crippen molar-refractivity contribution in [2.45, 2.75) is 45.4 Å². The van der Waals surface area contributed by atoms with Gasteiger partial charge in [0.2, 0.25) is 0 Å². The molecule has 2 nitrogen and oxygen atoms in total. The van der Waals surface area contributed by atoms with Crippen LogP contribution in [0.5, 0.6) is 0 Å². The van der Waals surface area contributed by atoms with Crippen molar-refractivity contribution in [2.24, 2.45) is 0 Å². The number of hydrogen-bond donors (Lipinski definition) is 1. The van der Waals surface area contributed by atoms with Crippen molar-refractivity contribution in [1.82, 2.24) is 0 Å². The third-order valence-corrected chi connectivity index (χ3v) is 2.17. The van der Waals surface area contributed by atoms with E-state index in [9.17, 15) is 0 Å². The first-order valence-corrected chi connectivity index (χ1v) is 5.93. The topological polar surface area (TPSA) is 37.3 Å². The minimum atomic E-state index is -0.833. The molecule has 0 amide bonds. The average Bonchev–Trinajstić information content (AvgIpc) is 2.34. The lowest BCUT2D eigenvalue weighted by Gasteiger charge is -2.05. The van der Waals surface area contributed by atoms with E-state index >= 15 is 0 Å². The van der Waals surface area contributed by atoms with Crippen LogP contribution in [0.25, 0.3) is 0 Å². The Bertz CT molecular complexity index is 198.